The van der Waals surface area contributed by atoms with Gasteiger partial charge in [-0.1, -0.05) is 119 Å². The van der Waals surface area contributed by atoms with Gasteiger partial charge in [0, 0.05) is 12.8 Å². The first-order valence-corrected chi connectivity index (χ1v) is 23.5. The Balaban J connectivity index is 0.847. The van der Waals surface area contributed by atoms with Gasteiger partial charge in [0.2, 0.25) is 11.5 Å². The summed E-state index contributed by atoms with van der Waals surface area (Å²) in [6.07, 6.45) is 16.9. The van der Waals surface area contributed by atoms with Crippen LogP contribution in [0.15, 0.2) is 115 Å². The monoisotopic (exact) mass is 911 g/mol. The minimum absolute atomic E-state index is 0.136. The minimum Gasteiger partial charge on any atom is -0.427 e. The third-order valence-electron chi connectivity index (χ3n) is 11.7. The fraction of sp³-hybridized carbons (Fsp3) is 0.370. The number of esters is 4. The van der Waals surface area contributed by atoms with Gasteiger partial charge in [-0.25, -0.2) is 9.59 Å². The molecule has 0 radical (unpaired) electrons. The van der Waals surface area contributed by atoms with E-state index < -0.39 is 34.0 Å². The molecule has 2 atom stereocenters. The molecule has 0 N–H and O–H groups in total. The molecular weight excluding hydrogens is 855 g/mol. The zero-order chi connectivity index (χ0) is 46.8. The largest absolute Gasteiger partial charge is 0.427 e. The fourth-order valence-corrected chi connectivity index (χ4v) is 7.72. The third-order valence-corrected chi connectivity index (χ3v) is 11.7. The number of ether oxygens (including phenoxy) is 6. The first-order valence-electron chi connectivity index (χ1n) is 23.5. The predicted octanol–water partition coefficient (Wildman–Crippen LogP) is 12.2. The van der Waals surface area contributed by atoms with Crippen molar-refractivity contribution >= 4 is 29.6 Å². The number of benzene rings is 5. The van der Waals surface area contributed by atoms with Crippen molar-refractivity contribution in [2.75, 3.05) is 13.2 Å². The molecule has 0 saturated carbocycles. The van der Waals surface area contributed by atoms with E-state index in [4.69, 9.17) is 28.4 Å². The van der Waals surface area contributed by atoms with E-state index in [0.717, 1.165) is 86.8 Å². The summed E-state index contributed by atoms with van der Waals surface area (Å²) in [5.74, 6) is -2.13. The van der Waals surface area contributed by atoms with Gasteiger partial charge in [0.1, 0.15) is 11.5 Å². The van der Waals surface area contributed by atoms with Crippen LogP contribution < -0.4 is 18.9 Å². The topological polar surface area (TPSA) is 173 Å². The lowest BCUT2D eigenvalue weighted by Crippen LogP contribution is -2.12. The second kappa shape index (κ2) is 24.7. The van der Waals surface area contributed by atoms with Crippen LogP contribution in [0.5, 0.6) is 23.0 Å². The SMILES string of the molecule is O=C(CCCCCCCCC1CO1)Oc1ccc(-c2ccc(C(=O)Oc3cccc(OC(=O)c4ccc(-c5ccc(OC(=O)CCCCCCCCC6CO6)cc5)cc4)c3[N+](=O)[O-])cc2)cc1. The summed E-state index contributed by atoms with van der Waals surface area (Å²) in [6, 6.07) is 31.0. The molecule has 5 aromatic carbocycles. The van der Waals surface area contributed by atoms with E-state index >= 15 is 0 Å². The lowest BCUT2D eigenvalue weighted by atomic mass is 10.0. The number of nitro benzene ring substituents is 1. The number of epoxide rings is 2. The highest BCUT2D eigenvalue weighted by Gasteiger charge is 2.27. The Bertz CT molecular complexity index is 2260. The van der Waals surface area contributed by atoms with Crippen molar-refractivity contribution in [3.63, 3.8) is 0 Å². The molecule has 2 aliphatic heterocycles. The van der Waals surface area contributed by atoms with Crippen molar-refractivity contribution < 1.29 is 52.5 Å². The average Bonchev–Trinajstić information content (AvgIpc) is 4.29. The van der Waals surface area contributed by atoms with E-state index in [9.17, 15) is 29.3 Å². The second-order valence-corrected chi connectivity index (χ2v) is 17.0. The molecule has 2 aliphatic rings. The fourth-order valence-electron chi connectivity index (χ4n) is 7.72. The number of hydrogen-bond acceptors (Lipinski definition) is 12. The van der Waals surface area contributed by atoms with Crippen molar-refractivity contribution in [2.45, 2.75) is 115 Å². The highest BCUT2D eigenvalue weighted by Crippen LogP contribution is 2.38. The minimum atomic E-state index is -0.849. The predicted molar refractivity (Wildman–Crippen MR) is 251 cm³/mol. The Morgan fingerprint density at radius 1 is 0.463 bits per heavy atom. The molecule has 2 unspecified atom stereocenters. The summed E-state index contributed by atoms with van der Waals surface area (Å²) in [7, 11) is 0. The molecule has 0 aromatic heterocycles. The van der Waals surface area contributed by atoms with Crippen LogP contribution in [0.2, 0.25) is 0 Å². The number of carbonyl (C=O) groups excluding carboxylic acids is 4. The van der Waals surface area contributed by atoms with Gasteiger partial charge in [0.15, 0.2) is 0 Å². The quantitative estimate of drug-likeness (QED) is 0.0122. The number of nitrogens with zero attached hydrogens (tertiary/aromatic N) is 1. The van der Waals surface area contributed by atoms with Crippen molar-refractivity contribution in [2.24, 2.45) is 0 Å². The Kier molecular flexibility index (Phi) is 17.8. The number of para-hydroxylation sites is 1. The lowest BCUT2D eigenvalue weighted by Gasteiger charge is -2.10. The molecule has 0 aliphatic carbocycles. The van der Waals surface area contributed by atoms with Crippen LogP contribution in [0.3, 0.4) is 0 Å². The van der Waals surface area contributed by atoms with Crippen LogP contribution >= 0.6 is 0 Å². The summed E-state index contributed by atoms with van der Waals surface area (Å²) < 4.78 is 32.5. The standard InChI is InChI=1S/C54H57NO12/c56-50(18-11-7-3-1-5-9-14-46-36-62-46)64-44-32-28-40(29-33-44)38-20-24-42(25-21-38)53(58)66-48-16-13-17-49(52(48)55(60)61)67-54(59)43-26-22-39(23-27-43)41-30-34-45(35-31-41)65-51(57)19-12-8-4-2-6-10-15-47-37-63-47/h13,16-17,20-35,46-47H,1-12,14-15,18-19,36-37H2. The molecule has 13 nitrogen and oxygen atoms in total. The van der Waals surface area contributed by atoms with E-state index in [1.165, 1.54) is 81.0 Å². The van der Waals surface area contributed by atoms with Gasteiger partial charge in [0.25, 0.3) is 0 Å². The Morgan fingerprint density at radius 3 is 1.13 bits per heavy atom. The van der Waals surface area contributed by atoms with Crippen LogP contribution in [0.4, 0.5) is 5.69 Å². The molecule has 2 heterocycles. The van der Waals surface area contributed by atoms with Gasteiger partial charge in [0.05, 0.1) is 41.5 Å². The Labute approximate surface area is 390 Å². The van der Waals surface area contributed by atoms with Gasteiger partial charge >= 0.3 is 29.6 Å². The molecule has 350 valence electrons. The molecule has 13 heteroatoms. The number of nitro groups is 1. The van der Waals surface area contributed by atoms with Crippen molar-refractivity contribution in [1.82, 2.24) is 0 Å². The number of unbranched alkanes of at least 4 members (excludes halogenated alkanes) is 10. The van der Waals surface area contributed by atoms with E-state index in [0.29, 0.717) is 36.5 Å². The molecule has 5 aromatic rings. The summed E-state index contributed by atoms with van der Waals surface area (Å²) in [5, 5.41) is 12.2. The van der Waals surface area contributed by atoms with Crippen LogP contribution in [-0.2, 0) is 19.1 Å². The van der Waals surface area contributed by atoms with E-state index in [1.54, 1.807) is 48.5 Å². The van der Waals surface area contributed by atoms with E-state index in [2.05, 4.69) is 0 Å². The summed E-state index contributed by atoms with van der Waals surface area (Å²) >= 11 is 0. The maximum atomic E-state index is 13.2. The van der Waals surface area contributed by atoms with E-state index in [-0.39, 0.29) is 23.1 Å². The van der Waals surface area contributed by atoms with Crippen molar-refractivity contribution in [1.29, 1.82) is 0 Å². The molecule has 0 spiro atoms. The zero-order valence-electron chi connectivity index (χ0n) is 37.7. The van der Waals surface area contributed by atoms with Crippen LogP contribution in [0.1, 0.15) is 123 Å². The molecular formula is C54H57NO12. The van der Waals surface area contributed by atoms with Crippen molar-refractivity contribution in [3.8, 4) is 45.3 Å². The van der Waals surface area contributed by atoms with Gasteiger partial charge in [-0.05, 0) is 109 Å². The first-order chi connectivity index (χ1) is 32.7. The van der Waals surface area contributed by atoms with Gasteiger partial charge in [-0.3, -0.25) is 19.7 Å². The van der Waals surface area contributed by atoms with E-state index in [1.807, 2.05) is 24.3 Å². The maximum Gasteiger partial charge on any atom is 0.353 e. The summed E-state index contributed by atoms with van der Waals surface area (Å²) in [5.41, 5.74) is 2.78. The number of hydrogen-bond donors (Lipinski definition) is 0. The average molecular weight is 912 g/mol. The summed E-state index contributed by atoms with van der Waals surface area (Å²) in [4.78, 5) is 62.6. The van der Waals surface area contributed by atoms with Gasteiger partial charge in [-0.15, -0.1) is 0 Å². The highest BCUT2D eigenvalue weighted by atomic mass is 16.6. The smallest absolute Gasteiger partial charge is 0.353 e. The van der Waals surface area contributed by atoms with Crippen LogP contribution in [-0.4, -0.2) is 54.2 Å². The molecule has 67 heavy (non-hydrogen) atoms. The lowest BCUT2D eigenvalue weighted by molar-refractivity contribution is -0.386. The van der Waals surface area contributed by atoms with Gasteiger partial charge in [-0.2, -0.15) is 0 Å². The molecule has 0 amide bonds. The zero-order valence-corrected chi connectivity index (χ0v) is 37.7. The highest BCUT2D eigenvalue weighted by molar-refractivity contribution is 5.94. The Morgan fingerprint density at radius 2 is 0.791 bits per heavy atom. The molecule has 7 rings (SSSR count). The number of carbonyl (C=O) groups is 4. The van der Waals surface area contributed by atoms with Crippen LogP contribution in [0.25, 0.3) is 22.3 Å². The Hall–Kier alpha value is -6.70. The second-order valence-electron chi connectivity index (χ2n) is 17.0. The summed E-state index contributed by atoms with van der Waals surface area (Å²) in [6.45, 7) is 1.83. The third kappa shape index (κ3) is 15.7. The van der Waals surface area contributed by atoms with Gasteiger partial charge < -0.3 is 28.4 Å². The normalized spacial score (nSPS) is 14.7. The molecule has 2 saturated heterocycles. The molecule has 2 fully saturated rings. The molecule has 0 bridgehead atoms. The van der Waals surface area contributed by atoms with Crippen molar-refractivity contribution in [3.05, 3.63) is 137 Å². The number of rotatable bonds is 27. The maximum absolute atomic E-state index is 13.2. The van der Waals surface area contributed by atoms with Crippen LogP contribution in [0, 0.1) is 10.1 Å². The first kappa shape index (κ1) is 48.2.